The Morgan fingerprint density at radius 2 is 1.72 bits per heavy atom. The SMILES string of the molecule is Cn1c(N[C@H](CCc2ccccc2)NC(=O)CO)nc(-c2ccncc2)c(-c2ccc(F)cc2)c1=O. The van der Waals surface area contributed by atoms with Gasteiger partial charge in [-0.25, -0.2) is 9.37 Å². The molecule has 0 aliphatic heterocycles. The summed E-state index contributed by atoms with van der Waals surface area (Å²) in [5, 5.41) is 15.2. The van der Waals surface area contributed by atoms with Gasteiger partial charge in [-0.2, -0.15) is 0 Å². The quantitative estimate of drug-likeness (QED) is 0.313. The molecule has 2 aromatic heterocycles. The lowest BCUT2D eigenvalue weighted by molar-refractivity contribution is -0.124. The first-order valence-electron chi connectivity index (χ1n) is 11.4. The summed E-state index contributed by atoms with van der Waals surface area (Å²) in [6.45, 7) is -0.665. The van der Waals surface area contributed by atoms with Crippen molar-refractivity contribution in [3.8, 4) is 22.4 Å². The van der Waals surface area contributed by atoms with E-state index in [1.54, 1.807) is 31.6 Å². The van der Waals surface area contributed by atoms with Gasteiger partial charge >= 0.3 is 0 Å². The summed E-state index contributed by atoms with van der Waals surface area (Å²) in [6.07, 6.45) is 3.71. The molecule has 2 heterocycles. The van der Waals surface area contributed by atoms with Crippen LogP contribution >= 0.6 is 0 Å². The molecule has 0 aliphatic rings. The third-order valence-corrected chi connectivity index (χ3v) is 5.72. The van der Waals surface area contributed by atoms with Crippen LogP contribution in [0.25, 0.3) is 22.4 Å². The number of benzene rings is 2. The molecule has 184 valence electrons. The smallest absolute Gasteiger partial charge is 0.263 e. The van der Waals surface area contributed by atoms with E-state index in [2.05, 4.69) is 15.6 Å². The second-order valence-electron chi connectivity index (χ2n) is 8.21. The molecule has 2 aromatic carbocycles. The number of halogens is 1. The molecule has 0 aliphatic carbocycles. The van der Waals surface area contributed by atoms with E-state index in [-0.39, 0.29) is 11.5 Å². The number of pyridine rings is 1. The van der Waals surface area contributed by atoms with Gasteiger partial charge in [-0.1, -0.05) is 42.5 Å². The van der Waals surface area contributed by atoms with Crippen molar-refractivity contribution < 1.29 is 14.3 Å². The number of aryl methyl sites for hydroxylation is 1. The summed E-state index contributed by atoms with van der Waals surface area (Å²) in [4.78, 5) is 34.3. The van der Waals surface area contributed by atoms with Crippen molar-refractivity contribution in [2.75, 3.05) is 11.9 Å². The first-order chi connectivity index (χ1) is 17.5. The van der Waals surface area contributed by atoms with Crippen LogP contribution in [-0.2, 0) is 18.3 Å². The molecule has 4 rings (SSSR count). The fraction of sp³-hybridized carbons (Fsp3) is 0.185. The minimum atomic E-state index is -0.665. The maximum Gasteiger partial charge on any atom is 0.263 e. The summed E-state index contributed by atoms with van der Waals surface area (Å²) in [5.74, 6) is -0.731. The van der Waals surface area contributed by atoms with E-state index < -0.39 is 24.5 Å². The molecule has 1 atom stereocenters. The van der Waals surface area contributed by atoms with Crippen molar-refractivity contribution in [3.05, 3.63) is 101 Å². The van der Waals surface area contributed by atoms with Crippen LogP contribution in [0.4, 0.5) is 10.3 Å². The predicted molar refractivity (Wildman–Crippen MR) is 136 cm³/mol. The second-order valence-corrected chi connectivity index (χ2v) is 8.21. The fourth-order valence-corrected chi connectivity index (χ4v) is 3.86. The number of aliphatic hydroxyl groups is 1. The number of hydrogen-bond donors (Lipinski definition) is 3. The number of carbonyl (C=O) groups is 1. The lowest BCUT2D eigenvalue weighted by atomic mass is 10.0. The van der Waals surface area contributed by atoms with Gasteiger partial charge < -0.3 is 15.7 Å². The van der Waals surface area contributed by atoms with E-state index in [1.807, 2.05) is 30.3 Å². The highest BCUT2D eigenvalue weighted by Crippen LogP contribution is 2.29. The van der Waals surface area contributed by atoms with Crippen molar-refractivity contribution in [1.29, 1.82) is 0 Å². The van der Waals surface area contributed by atoms with Crippen LogP contribution in [0.3, 0.4) is 0 Å². The topological polar surface area (TPSA) is 109 Å². The summed E-state index contributed by atoms with van der Waals surface area (Å²) in [7, 11) is 1.57. The van der Waals surface area contributed by atoms with Crippen LogP contribution in [0.2, 0.25) is 0 Å². The average Bonchev–Trinajstić information content (AvgIpc) is 2.91. The molecule has 0 saturated carbocycles. The van der Waals surface area contributed by atoms with Crippen LogP contribution in [0.15, 0.2) is 83.9 Å². The number of anilines is 1. The van der Waals surface area contributed by atoms with Gasteiger partial charge in [0.2, 0.25) is 11.9 Å². The van der Waals surface area contributed by atoms with E-state index in [1.165, 1.54) is 28.8 Å². The van der Waals surface area contributed by atoms with Crippen LogP contribution < -0.4 is 16.2 Å². The highest BCUT2D eigenvalue weighted by molar-refractivity contribution is 5.81. The van der Waals surface area contributed by atoms with E-state index in [4.69, 9.17) is 4.98 Å². The Labute approximate surface area is 207 Å². The van der Waals surface area contributed by atoms with Crippen LogP contribution in [0.5, 0.6) is 0 Å². The zero-order valence-corrected chi connectivity index (χ0v) is 19.7. The van der Waals surface area contributed by atoms with Gasteiger partial charge in [0.05, 0.1) is 11.3 Å². The van der Waals surface area contributed by atoms with E-state index in [9.17, 15) is 19.1 Å². The Bertz CT molecular complexity index is 1380. The molecule has 8 nitrogen and oxygen atoms in total. The maximum atomic E-state index is 13.6. The molecular weight excluding hydrogens is 461 g/mol. The van der Waals surface area contributed by atoms with Crippen molar-refractivity contribution in [1.82, 2.24) is 19.9 Å². The van der Waals surface area contributed by atoms with Crippen molar-refractivity contribution in [2.45, 2.75) is 19.0 Å². The van der Waals surface area contributed by atoms with Crippen molar-refractivity contribution >= 4 is 11.9 Å². The van der Waals surface area contributed by atoms with Gasteiger partial charge in [-0.3, -0.25) is 19.1 Å². The molecule has 36 heavy (non-hydrogen) atoms. The number of carbonyl (C=O) groups excluding carboxylic acids is 1. The largest absolute Gasteiger partial charge is 0.387 e. The van der Waals surface area contributed by atoms with Gasteiger partial charge in [0, 0.05) is 25.0 Å². The van der Waals surface area contributed by atoms with E-state index >= 15 is 0 Å². The third kappa shape index (κ3) is 5.81. The first kappa shape index (κ1) is 24.7. The number of aliphatic hydroxyl groups excluding tert-OH is 1. The highest BCUT2D eigenvalue weighted by Gasteiger charge is 2.21. The Kier molecular flexibility index (Phi) is 7.82. The molecule has 0 unspecified atom stereocenters. The number of amides is 1. The molecule has 9 heteroatoms. The summed E-state index contributed by atoms with van der Waals surface area (Å²) >= 11 is 0. The Balaban J connectivity index is 1.75. The molecule has 0 saturated heterocycles. The van der Waals surface area contributed by atoms with Crippen molar-refractivity contribution in [3.63, 3.8) is 0 Å². The van der Waals surface area contributed by atoms with Crippen LogP contribution in [0.1, 0.15) is 12.0 Å². The predicted octanol–water partition coefficient (Wildman–Crippen LogP) is 3.13. The summed E-state index contributed by atoms with van der Waals surface area (Å²) < 4.78 is 14.9. The number of rotatable bonds is 9. The number of aromatic nitrogens is 3. The Morgan fingerprint density at radius 3 is 2.39 bits per heavy atom. The van der Waals surface area contributed by atoms with Gasteiger partial charge in [0.25, 0.3) is 5.56 Å². The lowest BCUT2D eigenvalue weighted by Gasteiger charge is -2.23. The van der Waals surface area contributed by atoms with Gasteiger partial charge in [-0.15, -0.1) is 0 Å². The Hall–Kier alpha value is -4.37. The van der Waals surface area contributed by atoms with Gasteiger partial charge in [-0.05, 0) is 48.2 Å². The zero-order valence-electron chi connectivity index (χ0n) is 19.7. The normalized spacial score (nSPS) is 11.6. The van der Waals surface area contributed by atoms with Crippen molar-refractivity contribution in [2.24, 2.45) is 7.05 Å². The summed E-state index contributed by atoms with van der Waals surface area (Å²) in [5.41, 5.74) is 2.62. The first-order valence-corrected chi connectivity index (χ1v) is 11.4. The monoisotopic (exact) mass is 487 g/mol. The maximum absolute atomic E-state index is 13.6. The fourth-order valence-electron chi connectivity index (χ4n) is 3.86. The zero-order chi connectivity index (χ0) is 25.5. The Morgan fingerprint density at radius 1 is 1.03 bits per heavy atom. The summed E-state index contributed by atoms with van der Waals surface area (Å²) in [6, 6.07) is 18.9. The van der Waals surface area contributed by atoms with Gasteiger partial charge in [0.15, 0.2) is 0 Å². The standard InChI is InChI=1S/C27H26FN5O3/c1-33-26(36)24(19-8-10-21(28)11-9-19)25(20-13-15-29-16-14-20)32-27(33)31-22(30-23(35)17-34)12-7-18-5-3-2-4-6-18/h2-6,8-11,13-16,22,34H,7,12,17H2,1H3,(H,30,35)(H,31,32)/t22-/m1/s1. The molecular formula is C27H26FN5O3. The minimum Gasteiger partial charge on any atom is -0.387 e. The third-order valence-electron chi connectivity index (χ3n) is 5.72. The molecule has 0 fully saturated rings. The molecule has 0 spiro atoms. The number of nitrogens with zero attached hydrogens (tertiary/aromatic N) is 3. The second kappa shape index (κ2) is 11.4. The van der Waals surface area contributed by atoms with Crippen LogP contribution in [0, 0.1) is 5.82 Å². The minimum absolute atomic E-state index is 0.231. The molecule has 0 bridgehead atoms. The average molecular weight is 488 g/mol. The number of hydrogen-bond acceptors (Lipinski definition) is 6. The van der Waals surface area contributed by atoms with E-state index in [0.29, 0.717) is 35.2 Å². The lowest BCUT2D eigenvalue weighted by Crippen LogP contribution is -2.43. The molecule has 1 amide bonds. The molecule has 4 aromatic rings. The molecule has 0 radical (unpaired) electrons. The highest BCUT2D eigenvalue weighted by atomic mass is 19.1. The molecule has 3 N–H and O–H groups in total. The van der Waals surface area contributed by atoms with Crippen LogP contribution in [-0.4, -0.2) is 38.3 Å². The van der Waals surface area contributed by atoms with Gasteiger partial charge in [0.1, 0.15) is 18.6 Å². The number of nitrogens with one attached hydrogen (secondary N) is 2. The van der Waals surface area contributed by atoms with E-state index in [0.717, 1.165) is 5.56 Å².